The molecule has 2 saturated heterocycles. The number of benzene rings is 2. The summed E-state index contributed by atoms with van der Waals surface area (Å²) in [6, 6.07) is 15.3. The molecule has 2 aromatic rings. The van der Waals surface area contributed by atoms with Crippen LogP contribution in [0, 0.1) is 0 Å². The summed E-state index contributed by atoms with van der Waals surface area (Å²) >= 11 is 0. The number of nitrogens with zero attached hydrogens (tertiary/aromatic N) is 3. The highest BCUT2D eigenvalue weighted by molar-refractivity contribution is 6.07. The smallest absolute Gasteiger partial charge is 0.326 e. The molecule has 4 rings (SSSR count). The summed E-state index contributed by atoms with van der Waals surface area (Å²) in [4.78, 5) is 31.7. The summed E-state index contributed by atoms with van der Waals surface area (Å²) in [6.45, 7) is 4.77. The first-order valence-electron chi connectivity index (χ1n) is 10.7. The van der Waals surface area contributed by atoms with E-state index in [1.165, 1.54) is 29.0 Å². The second-order valence-electron chi connectivity index (χ2n) is 8.50. The number of hydrogen-bond acceptors (Lipinski definition) is 5. The molecule has 2 fully saturated rings. The van der Waals surface area contributed by atoms with Crippen molar-refractivity contribution in [3.63, 3.8) is 0 Å². The molecular weight excluding hydrogens is 392 g/mol. The molecule has 2 heterocycles. The Labute approximate surface area is 183 Å². The second kappa shape index (κ2) is 8.59. The zero-order valence-corrected chi connectivity index (χ0v) is 18.4. The van der Waals surface area contributed by atoms with E-state index in [4.69, 9.17) is 4.74 Å². The van der Waals surface area contributed by atoms with Gasteiger partial charge in [0.15, 0.2) is 0 Å². The Kier molecular flexibility index (Phi) is 5.87. The number of ether oxygens (including phenoxy) is 1. The highest BCUT2D eigenvalue weighted by Gasteiger charge is 2.49. The second-order valence-corrected chi connectivity index (χ2v) is 8.50. The van der Waals surface area contributed by atoms with E-state index in [1.807, 2.05) is 36.2 Å². The van der Waals surface area contributed by atoms with Crippen molar-refractivity contribution in [1.82, 2.24) is 15.1 Å². The van der Waals surface area contributed by atoms with Crippen molar-refractivity contribution < 1.29 is 14.3 Å². The quantitative estimate of drug-likeness (QED) is 0.695. The Bertz CT molecular complexity index is 973. The average molecular weight is 423 g/mol. The number of carbonyl (C=O) groups excluding carboxylic acids is 2. The first-order valence-corrected chi connectivity index (χ1v) is 10.7. The monoisotopic (exact) mass is 422 g/mol. The van der Waals surface area contributed by atoms with Gasteiger partial charge in [-0.1, -0.05) is 30.3 Å². The SMILES string of the molecule is COc1cccc([C@]2(C)NC(=O)N(CN(C)Cc3ccccc3N3CCCC3)C2=O)c1. The molecule has 7 nitrogen and oxygen atoms in total. The Balaban J connectivity index is 1.48. The Morgan fingerprint density at radius 1 is 1.10 bits per heavy atom. The molecule has 0 unspecified atom stereocenters. The first kappa shape index (κ1) is 21.2. The number of hydrogen-bond donors (Lipinski definition) is 1. The molecule has 2 aliphatic rings. The summed E-state index contributed by atoms with van der Waals surface area (Å²) in [6.07, 6.45) is 2.44. The lowest BCUT2D eigenvalue weighted by Gasteiger charge is -2.27. The van der Waals surface area contributed by atoms with Gasteiger partial charge in [0.25, 0.3) is 5.91 Å². The van der Waals surface area contributed by atoms with E-state index < -0.39 is 5.54 Å². The van der Waals surface area contributed by atoms with Crippen molar-refractivity contribution in [3.05, 3.63) is 59.7 Å². The normalized spacial score (nSPS) is 21.2. The van der Waals surface area contributed by atoms with Gasteiger partial charge in [-0.25, -0.2) is 9.69 Å². The molecule has 1 atom stereocenters. The maximum atomic E-state index is 13.3. The van der Waals surface area contributed by atoms with Gasteiger partial charge in [-0.05, 0) is 56.1 Å². The predicted molar refractivity (Wildman–Crippen MR) is 120 cm³/mol. The highest BCUT2D eigenvalue weighted by atomic mass is 16.5. The Morgan fingerprint density at radius 3 is 2.58 bits per heavy atom. The van der Waals surface area contributed by atoms with Crippen LogP contribution in [0.4, 0.5) is 10.5 Å². The zero-order valence-electron chi connectivity index (χ0n) is 18.4. The van der Waals surface area contributed by atoms with Gasteiger partial charge in [-0.2, -0.15) is 0 Å². The highest BCUT2D eigenvalue weighted by Crippen LogP contribution is 2.31. The van der Waals surface area contributed by atoms with Crippen LogP contribution in [0.1, 0.15) is 30.9 Å². The standard InChI is InChI=1S/C24H30N4O3/c1-24(19-10-8-11-20(15-19)31-3)22(29)28(23(30)25-24)17-26(2)16-18-9-4-5-12-21(18)27-13-6-7-14-27/h4-5,8-12,15H,6-7,13-14,16-17H2,1-3H3,(H,25,30)/t24-/m0/s1. The molecule has 1 N–H and O–H groups in total. The molecular formula is C24H30N4O3. The molecule has 2 aromatic carbocycles. The minimum absolute atomic E-state index is 0.221. The topological polar surface area (TPSA) is 65.1 Å². The molecule has 31 heavy (non-hydrogen) atoms. The molecule has 2 aliphatic heterocycles. The summed E-state index contributed by atoms with van der Waals surface area (Å²) in [5, 5.41) is 2.87. The molecule has 0 aromatic heterocycles. The number of methoxy groups -OCH3 is 1. The van der Waals surface area contributed by atoms with Crippen molar-refractivity contribution >= 4 is 17.6 Å². The fourth-order valence-corrected chi connectivity index (χ4v) is 4.45. The Hall–Kier alpha value is -3.06. The van der Waals surface area contributed by atoms with E-state index in [0.717, 1.165) is 13.1 Å². The van der Waals surface area contributed by atoms with E-state index in [1.54, 1.807) is 20.1 Å². The molecule has 0 bridgehead atoms. The van der Waals surface area contributed by atoms with Crippen molar-refractivity contribution in [1.29, 1.82) is 0 Å². The molecule has 164 valence electrons. The minimum atomic E-state index is -1.11. The van der Waals surface area contributed by atoms with Crippen LogP contribution in [-0.4, -0.2) is 55.7 Å². The van der Waals surface area contributed by atoms with E-state index in [0.29, 0.717) is 17.9 Å². The molecule has 0 aliphatic carbocycles. The van der Waals surface area contributed by atoms with Gasteiger partial charge >= 0.3 is 6.03 Å². The van der Waals surface area contributed by atoms with E-state index >= 15 is 0 Å². The van der Waals surface area contributed by atoms with Crippen LogP contribution in [0.2, 0.25) is 0 Å². The largest absolute Gasteiger partial charge is 0.497 e. The lowest BCUT2D eigenvalue weighted by molar-refractivity contribution is -0.132. The van der Waals surface area contributed by atoms with E-state index in [-0.39, 0.29) is 18.6 Å². The van der Waals surface area contributed by atoms with Crippen LogP contribution in [0.5, 0.6) is 5.75 Å². The lowest BCUT2D eigenvalue weighted by atomic mass is 9.92. The van der Waals surface area contributed by atoms with Gasteiger partial charge in [0.1, 0.15) is 11.3 Å². The number of nitrogens with one attached hydrogen (secondary N) is 1. The molecule has 0 radical (unpaired) electrons. The molecule has 7 heteroatoms. The van der Waals surface area contributed by atoms with Crippen LogP contribution in [-0.2, 0) is 16.9 Å². The number of para-hydroxylation sites is 1. The van der Waals surface area contributed by atoms with E-state index in [2.05, 4.69) is 28.4 Å². The minimum Gasteiger partial charge on any atom is -0.497 e. The zero-order chi connectivity index (χ0) is 22.0. The molecule has 3 amide bonds. The van der Waals surface area contributed by atoms with Gasteiger partial charge in [-0.15, -0.1) is 0 Å². The van der Waals surface area contributed by atoms with Crippen LogP contribution >= 0.6 is 0 Å². The van der Waals surface area contributed by atoms with Crippen molar-refractivity contribution in [3.8, 4) is 5.75 Å². The summed E-state index contributed by atoms with van der Waals surface area (Å²) in [7, 11) is 3.51. The van der Waals surface area contributed by atoms with Crippen LogP contribution in [0.3, 0.4) is 0 Å². The predicted octanol–water partition coefficient (Wildman–Crippen LogP) is 3.15. The number of rotatable bonds is 7. The number of anilines is 1. The third kappa shape index (κ3) is 4.10. The first-order chi connectivity index (χ1) is 14.9. The fourth-order valence-electron chi connectivity index (χ4n) is 4.45. The number of urea groups is 1. The maximum Gasteiger partial charge on any atom is 0.326 e. The van der Waals surface area contributed by atoms with Crippen LogP contribution < -0.4 is 15.0 Å². The average Bonchev–Trinajstić information content (AvgIpc) is 3.38. The lowest BCUT2D eigenvalue weighted by Crippen LogP contribution is -2.43. The van der Waals surface area contributed by atoms with Gasteiger partial charge < -0.3 is 15.0 Å². The van der Waals surface area contributed by atoms with Gasteiger partial charge in [0.05, 0.1) is 13.8 Å². The Morgan fingerprint density at radius 2 is 1.84 bits per heavy atom. The van der Waals surface area contributed by atoms with Crippen LogP contribution in [0.25, 0.3) is 0 Å². The number of carbonyl (C=O) groups is 2. The van der Waals surface area contributed by atoms with E-state index in [9.17, 15) is 9.59 Å². The van der Waals surface area contributed by atoms with Crippen molar-refractivity contribution in [2.24, 2.45) is 0 Å². The third-order valence-electron chi connectivity index (χ3n) is 6.18. The summed E-state index contributed by atoms with van der Waals surface area (Å²) in [5.41, 5.74) is 2.04. The number of imide groups is 1. The third-order valence-corrected chi connectivity index (χ3v) is 6.18. The maximum absolute atomic E-state index is 13.3. The fraction of sp³-hybridized carbons (Fsp3) is 0.417. The summed E-state index contributed by atoms with van der Waals surface area (Å²) in [5.74, 6) is 0.389. The molecule has 0 spiro atoms. The van der Waals surface area contributed by atoms with Gasteiger partial charge in [0, 0.05) is 25.3 Å². The van der Waals surface area contributed by atoms with Gasteiger partial charge in [0.2, 0.25) is 0 Å². The molecule has 0 saturated carbocycles. The summed E-state index contributed by atoms with van der Waals surface area (Å²) < 4.78 is 5.28. The van der Waals surface area contributed by atoms with Gasteiger partial charge in [-0.3, -0.25) is 9.69 Å². The van der Waals surface area contributed by atoms with Crippen molar-refractivity contribution in [2.75, 3.05) is 38.8 Å². The number of amides is 3. The van der Waals surface area contributed by atoms with Crippen molar-refractivity contribution in [2.45, 2.75) is 31.8 Å². The van der Waals surface area contributed by atoms with Crippen LogP contribution in [0.15, 0.2) is 48.5 Å².